The van der Waals surface area contributed by atoms with Gasteiger partial charge in [0.05, 0.1) is 24.1 Å². The molecular formula is C25H28FN3O5. The Morgan fingerprint density at radius 3 is 2.65 bits per heavy atom. The lowest BCUT2D eigenvalue weighted by Crippen LogP contribution is -2.53. The van der Waals surface area contributed by atoms with Gasteiger partial charge in [-0.3, -0.25) is 14.4 Å². The van der Waals surface area contributed by atoms with E-state index in [-0.39, 0.29) is 54.8 Å². The molecule has 2 N–H and O–H groups in total. The second kappa shape index (κ2) is 10.2. The Bertz CT molecular complexity index is 1070. The molecule has 0 spiro atoms. The molecule has 9 heteroatoms. The van der Waals surface area contributed by atoms with Crippen molar-refractivity contribution in [3.05, 3.63) is 59.4 Å². The normalized spacial score (nSPS) is 21.9. The topological polar surface area (TPSA) is 97.0 Å². The van der Waals surface area contributed by atoms with Crippen LogP contribution in [0.1, 0.15) is 42.1 Å². The van der Waals surface area contributed by atoms with E-state index in [1.54, 1.807) is 42.3 Å². The Labute approximate surface area is 197 Å². The molecule has 4 rings (SSSR count). The number of rotatable bonds is 5. The molecule has 0 saturated carbocycles. The number of carbonyl (C=O) groups excluding carboxylic acids is 3. The molecule has 3 amide bonds. The zero-order valence-electron chi connectivity index (χ0n) is 19.2. The molecule has 0 aromatic heterocycles. The van der Waals surface area contributed by atoms with E-state index >= 15 is 0 Å². The van der Waals surface area contributed by atoms with Gasteiger partial charge in [0, 0.05) is 26.2 Å². The highest BCUT2D eigenvalue weighted by Crippen LogP contribution is 2.32. The number of hydrogen-bond donors (Lipinski definition) is 2. The van der Waals surface area contributed by atoms with Gasteiger partial charge in [-0.15, -0.1) is 0 Å². The van der Waals surface area contributed by atoms with Crippen LogP contribution in [-0.4, -0.2) is 54.5 Å². The van der Waals surface area contributed by atoms with Crippen LogP contribution in [-0.2, 0) is 20.9 Å². The maximum absolute atomic E-state index is 13.2. The average Bonchev–Trinajstić information content (AvgIpc) is 2.81. The fourth-order valence-electron chi connectivity index (χ4n) is 4.39. The summed E-state index contributed by atoms with van der Waals surface area (Å²) in [6.07, 6.45) is 0.830. The van der Waals surface area contributed by atoms with Gasteiger partial charge in [0.25, 0.3) is 5.91 Å². The molecule has 2 aromatic carbocycles. The van der Waals surface area contributed by atoms with Crippen LogP contribution in [0, 0.1) is 5.82 Å². The smallest absolute Gasteiger partial charge is 0.257 e. The van der Waals surface area contributed by atoms with Gasteiger partial charge < -0.3 is 25.0 Å². The van der Waals surface area contributed by atoms with Crippen LogP contribution in [0.5, 0.6) is 5.75 Å². The molecule has 0 bridgehead atoms. The van der Waals surface area contributed by atoms with Crippen molar-refractivity contribution >= 4 is 23.4 Å². The minimum absolute atomic E-state index is 0.153. The van der Waals surface area contributed by atoms with Crippen molar-refractivity contribution in [2.75, 3.05) is 19.0 Å². The molecule has 2 aliphatic heterocycles. The van der Waals surface area contributed by atoms with Crippen molar-refractivity contribution in [2.24, 2.45) is 0 Å². The van der Waals surface area contributed by atoms with E-state index < -0.39 is 0 Å². The van der Waals surface area contributed by atoms with Gasteiger partial charge >= 0.3 is 0 Å². The number of hydrogen-bond acceptors (Lipinski definition) is 5. The van der Waals surface area contributed by atoms with Crippen molar-refractivity contribution < 1.29 is 28.2 Å². The Morgan fingerprint density at radius 1 is 1.15 bits per heavy atom. The van der Waals surface area contributed by atoms with Gasteiger partial charge in [-0.05, 0) is 48.7 Å². The Kier molecular flexibility index (Phi) is 7.12. The summed E-state index contributed by atoms with van der Waals surface area (Å²) in [5.41, 5.74) is 1.73. The highest BCUT2D eigenvalue weighted by atomic mass is 19.1. The molecule has 8 nitrogen and oxygen atoms in total. The van der Waals surface area contributed by atoms with Crippen molar-refractivity contribution in [1.29, 1.82) is 0 Å². The van der Waals surface area contributed by atoms with E-state index in [1.165, 1.54) is 19.1 Å². The molecule has 1 saturated heterocycles. The average molecular weight is 470 g/mol. The lowest BCUT2D eigenvalue weighted by atomic mass is 9.94. The summed E-state index contributed by atoms with van der Waals surface area (Å²) >= 11 is 0. The minimum Gasteiger partial charge on any atom is -0.490 e. The second-order valence-corrected chi connectivity index (χ2v) is 8.67. The molecule has 2 aromatic rings. The molecular weight excluding hydrogens is 441 g/mol. The molecule has 0 unspecified atom stereocenters. The van der Waals surface area contributed by atoms with Crippen LogP contribution in [0.4, 0.5) is 10.1 Å². The van der Waals surface area contributed by atoms with Gasteiger partial charge in [0.15, 0.2) is 0 Å². The highest BCUT2D eigenvalue weighted by molar-refractivity contribution is 5.99. The van der Waals surface area contributed by atoms with Gasteiger partial charge in [0.1, 0.15) is 24.3 Å². The lowest BCUT2D eigenvalue weighted by Gasteiger charge is -2.42. The first-order valence-electron chi connectivity index (χ1n) is 11.3. The monoisotopic (exact) mass is 469 g/mol. The third-order valence-corrected chi connectivity index (χ3v) is 6.15. The molecule has 0 aliphatic carbocycles. The third kappa shape index (κ3) is 5.53. The zero-order chi connectivity index (χ0) is 24.2. The zero-order valence-corrected chi connectivity index (χ0v) is 19.2. The fourth-order valence-corrected chi connectivity index (χ4v) is 4.39. The van der Waals surface area contributed by atoms with Crippen LogP contribution in [0.3, 0.4) is 0 Å². The Morgan fingerprint density at radius 2 is 1.91 bits per heavy atom. The fraction of sp³-hybridized carbons (Fsp3) is 0.400. The molecule has 1 fully saturated rings. The van der Waals surface area contributed by atoms with Gasteiger partial charge in [-0.2, -0.15) is 0 Å². The van der Waals surface area contributed by atoms with Crippen LogP contribution in [0.2, 0.25) is 0 Å². The van der Waals surface area contributed by atoms with Crippen molar-refractivity contribution in [3.8, 4) is 5.75 Å². The number of carbonyl (C=O) groups is 3. The lowest BCUT2D eigenvalue weighted by molar-refractivity contribution is -0.134. The number of nitrogens with one attached hydrogen (secondary N) is 2. The summed E-state index contributed by atoms with van der Waals surface area (Å²) in [4.78, 5) is 38.6. The van der Waals surface area contributed by atoms with Crippen LogP contribution in [0.25, 0.3) is 0 Å². The summed E-state index contributed by atoms with van der Waals surface area (Å²) in [7, 11) is 1.74. The SMILES string of the molecule is CC(=O)Nc1ccc2c(c1)C(=O)N(C)[C@@H]1CC[C@@H](CC(=O)NCc3ccc(F)cc3)O[C@H]1CO2. The number of likely N-dealkylation sites (N-methyl/N-ethyl adjacent to an activating group) is 1. The summed E-state index contributed by atoms with van der Waals surface area (Å²) in [6.45, 7) is 1.96. The number of fused-ring (bicyclic) bond motifs is 2. The number of halogens is 1. The summed E-state index contributed by atoms with van der Waals surface area (Å²) in [6, 6.07) is 10.8. The number of benzene rings is 2. The molecule has 2 heterocycles. The van der Waals surface area contributed by atoms with Gasteiger partial charge in [-0.1, -0.05) is 12.1 Å². The molecule has 2 aliphatic rings. The minimum atomic E-state index is -0.374. The van der Waals surface area contributed by atoms with E-state index in [4.69, 9.17) is 9.47 Å². The first kappa shape index (κ1) is 23.7. The Balaban J connectivity index is 1.38. The number of amides is 3. The second-order valence-electron chi connectivity index (χ2n) is 8.67. The predicted octanol–water partition coefficient (Wildman–Crippen LogP) is 2.87. The molecule has 180 valence electrons. The van der Waals surface area contributed by atoms with E-state index in [0.717, 1.165) is 5.56 Å². The third-order valence-electron chi connectivity index (χ3n) is 6.15. The quantitative estimate of drug-likeness (QED) is 0.702. The van der Waals surface area contributed by atoms with Crippen LogP contribution in [0.15, 0.2) is 42.5 Å². The standard InChI is InChI=1S/C25H28FN3O5/c1-15(30)28-18-7-10-22-20(11-18)25(32)29(2)21-9-8-19(34-23(21)14-33-22)12-24(31)27-13-16-3-5-17(26)6-4-16/h3-7,10-11,19,21,23H,8-9,12-14H2,1-2H3,(H,27,31)(H,28,30)/t19-,21+,23-/m0/s1. The predicted molar refractivity (Wildman–Crippen MR) is 123 cm³/mol. The maximum atomic E-state index is 13.2. The molecule has 3 atom stereocenters. The molecule has 34 heavy (non-hydrogen) atoms. The highest BCUT2D eigenvalue weighted by Gasteiger charge is 2.39. The van der Waals surface area contributed by atoms with E-state index in [9.17, 15) is 18.8 Å². The van der Waals surface area contributed by atoms with Crippen molar-refractivity contribution in [1.82, 2.24) is 10.2 Å². The largest absolute Gasteiger partial charge is 0.490 e. The van der Waals surface area contributed by atoms with Gasteiger partial charge in [-0.25, -0.2) is 4.39 Å². The summed E-state index contributed by atoms with van der Waals surface area (Å²) in [5.74, 6) is -0.482. The van der Waals surface area contributed by atoms with E-state index in [1.807, 2.05) is 0 Å². The number of ether oxygens (including phenoxy) is 2. The van der Waals surface area contributed by atoms with E-state index in [2.05, 4.69) is 10.6 Å². The van der Waals surface area contributed by atoms with Crippen LogP contribution >= 0.6 is 0 Å². The molecule has 0 radical (unpaired) electrons. The first-order chi connectivity index (χ1) is 16.3. The van der Waals surface area contributed by atoms with E-state index in [0.29, 0.717) is 36.4 Å². The van der Waals surface area contributed by atoms with Crippen molar-refractivity contribution in [3.63, 3.8) is 0 Å². The summed E-state index contributed by atoms with van der Waals surface area (Å²) in [5, 5.41) is 5.53. The number of anilines is 1. The van der Waals surface area contributed by atoms with Crippen LogP contribution < -0.4 is 15.4 Å². The van der Waals surface area contributed by atoms with Crippen molar-refractivity contribution in [2.45, 2.75) is 51.0 Å². The van der Waals surface area contributed by atoms with Gasteiger partial charge in [0.2, 0.25) is 11.8 Å². The first-order valence-corrected chi connectivity index (χ1v) is 11.3. The number of nitrogens with zero attached hydrogens (tertiary/aromatic N) is 1. The Hall–Kier alpha value is -3.46. The maximum Gasteiger partial charge on any atom is 0.257 e. The summed E-state index contributed by atoms with van der Waals surface area (Å²) < 4.78 is 25.1.